The van der Waals surface area contributed by atoms with Crippen molar-refractivity contribution in [1.29, 1.82) is 0 Å². The van der Waals surface area contributed by atoms with Crippen LogP contribution in [0.15, 0.2) is 28.7 Å². The van der Waals surface area contributed by atoms with Gasteiger partial charge < -0.3 is 15.4 Å². The number of nitrogens with one attached hydrogen (secondary N) is 2. The van der Waals surface area contributed by atoms with Gasteiger partial charge >= 0.3 is 0 Å². The van der Waals surface area contributed by atoms with Gasteiger partial charge in [-0.1, -0.05) is 15.9 Å². The highest BCUT2D eigenvalue weighted by molar-refractivity contribution is 9.10. The van der Waals surface area contributed by atoms with E-state index in [1.54, 1.807) is 7.11 Å². The molecular weight excluding hydrogens is 332 g/mol. The summed E-state index contributed by atoms with van der Waals surface area (Å²) in [5.74, 6) is 1.37. The molecule has 5 nitrogen and oxygen atoms in total. The second-order valence-corrected chi connectivity index (χ2v) is 5.64. The maximum Gasteiger partial charge on any atom is 0.224 e. The molecule has 0 bridgehead atoms. The summed E-state index contributed by atoms with van der Waals surface area (Å²) < 4.78 is 6.07. The lowest BCUT2D eigenvalue weighted by Gasteiger charge is -2.11. The number of hydrogen-bond acceptors (Lipinski definition) is 5. The monoisotopic (exact) mass is 350 g/mol. The molecule has 0 radical (unpaired) electrons. The summed E-state index contributed by atoms with van der Waals surface area (Å²) in [7, 11) is 1.67. The molecule has 2 N–H and O–H groups in total. The Morgan fingerprint density at radius 3 is 2.71 bits per heavy atom. The first-order valence-electron chi connectivity index (χ1n) is 6.70. The highest BCUT2D eigenvalue weighted by atomic mass is 79.9. The van der Waals surface area contributed by atoms with Crippen LogP contribution in [0.5, 0.6) is 0 Å². The molecule has 1 heterocycles. The van der Waals surface area contributed by atoms with Gasteiger partial charge in [0.05, 0.1) is 6.61 Å². The molecule has 2 rings (SSSR count). The molecule has 0 saturated carbocycles. The molecule has 1 aromatic heterocycles. The Morgan fingerprint density at radius 1 is 1.19 bits per heavy atom. The highest BCUT2D eigenvalue weighted by Crippen LogP contribution is 2.23. The molecule has 0 unspecified atom stereocenters. The van der Waals surface area contributed by atoms with E-state index in [0.29, 0.717) is 19.1 Å². The molecule has 0 fully saturated rings. The van der Waals surface area contributed by atoms with E-state index in [1.165, 1.54) is 0 Å². The van der Waals surface area contributed by atoms with Gasteiger partial charge in [-0.2, -0.15) is 4.98 Å². The van der Waals surface area contributed by atoms with Gasteiger partial charge in [0.2, 0.25) is 5.95 Å². The van der Waals surface area contributed by atoms with Crippen molar-refractivity contribution in [3.63, 3.8) is 0 Å². The Hall–Kier alpha value is -1.66. The minimum atomic E-state index is 0.601. The fourth-order valence-electron chi connectivity index (χ4n) is 1.88. The van der Waals surface area contributed by atoms with Crippen LogP contribution in [-0.4, -0.2) is 30.2 Å². The average Bonchev–Trinajstić information content (AvgIpc) is 2.42. The highest BCUT2D eigenvalue weighted by Gasteiger charge is 2.04. The first kappa shape index (κ1) is 15.7. The number of aryl methyl sites for hydroxylation is 2. The Bertz CT molecular complexity index is 619. The Kier molecular flexibility index (Phi) is 5.52. The van der Waals surface area contributed by atoms with Gasteiger partial charge in [-0.25, -0.2) is 4.98 Å². The lowest BCUT2D eigenvalue weighted by molar-refractivity contribution is 0.210. The van der Waals surface area contributed by atoms with E-state index in [-0.39, 0.29) is 0 Å². The van der Waals surface area contributed by atoms with Crippen LogP contribution in [0.4, 0.5) is 17.5 Å². The zero-order valence-electron chi connectivity index (χ0n) is 12.4. The van der Waals surface area contributed by atoms with Crippen molar-refractivity contribution in [3.05, 3.63) is 40.0 Å². The molecule has 0 saturated heterocycles. The minimum absolute atomic E-state index is 0.601. The summed E-state index contributed by atoms with van der Waals surface area (Å²) in [6, 6.07) is 8.01. The Balaban J connectivity index is 2.15. The second kappa shape index (κ2) is 7.38. The number of benzene rings is 1. The van der Waals surface area contributed by atoms with Gasteiger partial charge in [0, 0.05) is 35.6 Å². The summed E-state index contributed by atoms with van der Waals surface area (Å²) in [4.78, 5) is 8.82. The van der Waals surface area contributed by atoms with Crippen LogP contribution in [-0.2, 0) is 4.74 Å². The van der Waals surface area contributed by atoms with E-state index in [9.17, 15) is 0 Å². The van der Waals surface area contributed by atoms with Crippen molar-refractivity contribution in [2.24, 2.45) is 0 Å². The van der Waals surface area contributed by atoms with Crippen LogP contribution >= 0.6 is 15.9 Å². The number of aromatic nitrogens is 2. The fraction of sp³-hybridized carbons (Fsp3) is 0.333. The largest absolute Gasteiger partial charge is 0.383 e. The van der Waals surface area contributed by atoms with E-state index in [1.807, 2.05) is 25.1 Å². The molecule has 1 aromatic carbocycles. The van der Waals surface area contributed by atoms with Crippen LogP contribution in [0, 0.1) is 13.8 Å². The summed E-state index contributed by atoms with van der Waals surface area (Å²) in [6.07, 6.45) is 0. The predicted octanol–water partition coefficient (Wildman–Crippen LogP) is 3.66. The molecule has 0 spiro atoms. The quantitative estimate of drug-likeness (QED) is 0.778. The lowest BCUT2D eigenvalue weighted by Crippen LogP contribution is -2.11. The fourth-order valence-corrected chi connectivity index (χ4v) is 2.36. The van der Waals surface area contributed by atoms with Crippen LogP contribution in [0.3, 0.4) is 0 Å². The lowest BCUT2D eigenvalue weighted by atomic mass is 10.2. The number of anilines is 3. The van der Waals surface area contributed by atoms with Crippen molar-refractivity contribution < 1.29 is 4.74 Å². The molecule has 6 heteroatoms. The maximum absolute atomic E-state index is 5.01. The van der Waals surface area contributed by atoms with Crippen LogP contribution in [0.2, 0.25) is 0 Å². The Labute approximate surface area is 133 Å². The predicted molar refractivity (Wildman–Crippen MR) is 89.3 cm³/mol. The molecule has 0 atom stereocenters. The molecule has 21 heavy (non-hydrogen) atoms. The molecule has 2 aromatic rings. The van der Waals surface area contributed by atoms with Gasteiger partial charge in [-0.05, 0) is 37.6 Å². The van der Waals surface area contributed by atoms with Crippen molar-refractivity contribution in [2.45, 2.75) is 13.8 Å². The van der Waals surface area contributed by atoms with Gasteiger partial charge in [-0.3, -0.25) is 0 Å². The first-order chi connectivity index (χ1) is 10.1. The zero-order valence-corrected chi connectivity index (χ0v) is 14.0. The summed E-state index contributed by atoms with van der Waals surface area (Å²) in [5, 5.41) is 6.47. The van der Waals surface area contributed by atoms with Gasteiger partial charge in [-0.15, -0.1) is 0 Å². The molecule has 0 aliphatic carbocycles. The summed E-state index contributed by atoms with van der Waals surface area (Å²) in [5.41, 5.74) is 3.08. The number of rotatable bonds is 6. The number of hydrogen-bond donors (Lipinski definition) is 2. The van der Waals surface area contributed by atoms with Crippen LogP contribution in [0.1, 0.15) is 11.3 Å². The third kappa shape index (κ3) is 4.68. The Morgan fingerprint density at radius 2 is 2.00 bits per heavy atom. The zero-order chi connectivity index (χ0) is 15.2. The summed E-state index contributed by atoms with van der Waals surface area (Å²) >= 11 is 3.46. The molecule has 112 valence electrons. The van der Waals surface area contributed by atoms with E-state index in [4.69, 9.17) is 4.74 Å². The number of halogens is 1. The van der Waals surface area contributed by atoms with E-state index < -0.39 is 0 Å². The minimum Gasteiger partial charge on any atom is -0.383 e. The summed E-state index contributed by atoms with van der Waals surface area (Å²) in [6.45, 7) is 5.30. The van der Waals surface area contributed by atoms with Gasteiger partial charge in [0.1, 0.15) is 5.82 Å². The first-order valence-corrected chi connectivity index (χ1v) is 7.49. The number of nitrogens with zero attached hydrogens (tertiary/aromatic N) is 2. The third-order valence-electron chi connectivity index (χ3n) is 2.89. The standard InChI is InChI=1S/C15H19BrN4O/c1-10-8-12(16)4-5-13(10)19-14-9-11(2)18-15(20-14)17-6-7-21-3/h4-5,8-9H,6-7H2,1-3H3,(H2,17,18,19,20). The molecule has 0 aliphatic heterocycles. The second-order valence-electron chi connectivity index (χ2n) is 4.72. The molecular formula is C15H19BrN4O. The normalized spacial score (nSPS) is 10.5. The van der Waals surface area contributed by atoms with Crippen molar-refractivity contribution in [2.75, 3.05) is 30.9 Å². The third-order valence-corrected chi connectivity index (χ3v) is 3.39. The number of methoxy groups -OCH3 is 1. The molecule has 0 aliphatic rings. The maximum atomic E-state index is 5.01. The SMILES string of the molecule is COCCNc1nc(C)cc(Nc2ccc(Br)cc2C)n1. The van der Waals surface area contributed by atoms with E-state index in [0.717, 1.165) is 27.2 Å². The smallest absolute Gasteiger partial charge is 0.224 e. The van der Waals surface area contributed by atoms with Crippen LogP contribution < -0.4 is 10.6 Å². The van der Waals surface area contributed by atoms with E-state index >= 15 is 0 Å². The van der Waals surface area contributed by atoms with E-state index in [2.05, 4.69) is 49.5 Å². The van der Waals surface area contributed by atoms with Gasteiger partial charge in [0.15, 0.2) is 0 Å². The van der Waals surface area contributed by atoms with Crippen LogP contribution in [0.25, 0.3) is 0 Å². The van der Waals surface area contributed by atoms with Crippen molar-refractivity contribution >= 4 is 33.4 Å². The van der Waals surface area contributed by atoms with Crippen molar-refractivity contribution in [3.8, 4) is 0 Å². The topological polar surface area (TPSA) is 59.1 Å². The van der Waals surface area contributed by atoms with Crippen molar-refractivity contribution in [1.82, 2.24) is 9.97 Å². The molecule has 0 amide bonds. The average molecular weight is 351 g/mol. The number of ether oxygens (including phenoxy) is 1. The van der Waals surface area contributed by atoms with Gasteiger partial charge in [0.25, 0.3) is 0 Å².